The van der Waals surface area contributed by atoms with Crippen molar-refractivity contribution in [3.63, 3.8) is 0 Å². The maximum absolute atomic E-state index is 13.0. The maximum atomic E-state index is 13.0. The van der Waals surface area contributed by atoms with Crippen molar-refractivity contribution in [3.8, 4) is 5.75 Å². The van der Waals surface area contributed by atoms with E-state index in [0.717, 1.165) is 10.1 Å². The van der Waals surface area contributed by atoms with Crippen LogP contribution in [-0.2, 0) is 20.6 Å². The Hall–Kier alpha value is -3.30. The van der Waals surface area contributed by atoms with E-state index in [4.69, 9.17) is 16.3 Å². The summed E-state index contributed by atoms with van der Waals surface area (Å²) in [4.78, 5) is 42.7. The van der Waals surface area contributed by atoms with Gasteiger partial charge >= 0.3 is 5.69 Å². The van der Waals surface area contributed by atoms with E-state index in [1.165, 1.54) is 23.4 Å². The highest BCUT2D eigenvalue weighted by Gasteiger charge is 2.20. The van der Waals surface area contributed by atoms with E-state index < -0.39 is 11.2 Å². The summed E-state index contributed by atoms with van der Waals surface area (Å²) in [6.07, 6.45) is 0. The molecule has 33 heavy (non-hydrogen) atoms. The Bertz CT molecular complexity index is 1450. The van der Waals surface area contributed by atoms with E-state index in [1.807, 2.05) is 12.1 Å². The molecule has 2 aromatic heterocycles. The highest BCUT2D eigenvalue weighted by molar-refractivity contribution is 7.99. The monoisotopic (exact) mass is 484 g/mol. The fraction of sp³-hybridized carbons (Fsp3) is 0.217. The summed E-state index contributed by atoms with van der Waals surface area (Å²) in [6.45, 7) is 0.334. The molecule has 0 aliphatic carbocycles. The first-order valence-electron chi connectivity index (χ1n) is 10.0. The lowest BCUT2D eigenvalue weighted by Gasteiger charge is -2.10. The molecule has 0 saturated heterocycles. The summed E-state index contributed by atoms with van der Waals surface area (Å²) in [5, 5.41) is 1.08. The predicted octanol–water partition coefficient (Wildman–Crippen LogP) is 3.12. The molecule has 2 aromatic carbocycles. The van der Waals surface area contributed by atoms with Crippen LogP contribution < -0.4 is 16.0 Å². The number of ether oxygens (including phenoxy) is 1. The number of thioether (sulfide) groups is 1. The number of methoxy groups -OCH3 is 1. The van der Waals surface area contributed by atoms with Crippen molar-refractivity contribution in [1.29, 1.82) is 0 Å². The minimum atomic E-state index is -0.463. The second-order valence-electron chi connectivity index (χ2n) is 7.43. The second kappa shape index (κ2) is 9.29. The third kappa shape index (κ3) is 4.46. The topological polar surface area (TPSA) is 88.1 Å². The lowest BCUT2D eigenvalue weighted by Crippen LogP contribution is -2.37. The zero-order chi connectivity index (χ0) is 23.7. The summed E-state index contributed by atoms with van der Waals surface area (Å²) < 4.78 is 9.27. The standard InChI is InChI=1S/C23H21ClN4O4S/c1-26-20-19(21(30)27(2)23(26)31)28(12-14-4-8-16(24)9-5-14)22(25-20)33-13-18(29)15-6-10-17(32-3)11-7-15/h4-11H,12-13H2,1-3H3. The molecule has 0 unspecified atom stereocenters. The fourth-order valence-electron chi connectivity index (χ4n) is 3.45. The van der Waals surface area contributed by atoms with Crippen molar-refractivity contribution >= 4 is 40.3 Å². The first kappa shape index (κ1) is 22.9. The Morgan fingerprint density at radius 3 is 2.33 bits per heavy atom. The molecule has 0 saturated carbocycles. The molecule has 0 fully saturated rings. The molecule has 2 heterocycles. The molecule has 0 radical (unpaired) electrons. The Morgan fingerprint density at radius 2 is 1.70 bits per heavy atom. The van der Waals surface area contributed by atoms with Crippen LogP contribution >= 0.6 is 23.4 Å². The molecule has 0 aliphatic rings. The SMILES string of the molecule is COc1ccc(C(=O)CSc2nc3c(c(=O)n(C)c(=O)n3C)n2Cc2ccc(Cl)cc2)cc1. The zero-order valence-corrected chi connectivity index (χ0v) is 19.8. The van der Waals surface area contributed by atoms with Gasteiger partial charge in [0.25, 0.3) is 5.56 Å². The van der Waals surface area contributed by atoms with Crippen LogP contribution in [-0.4, -0.2) is 37.3 Å². The number of carbonyl (C=O) groups is 1. The molecule has 170 valence electrons. The minimum absolute atomic E-state index is 0.0884. The number of hydrogen-bond acceptors (Lipinski definition) is 6. The van der Waals surface area contributed by atoms with Crippen LogP contribution in [0.25, 0.3) is 11.2 Å². The Morgan fingerprint density at radius 1 is 1.03 bits per heavy atom. The van der Waals surface area contributed by atoms with Crippen LogP contribution in [0.2, 0.25) is 5.02 Å². The van der Waals surface area contributed by atoms with Gasteiger partial charge in [0.05, 0.1) is 19.4 Å². The fourth-order valence-corrected chi connectivity index (χ4v) is 4.46. The number of carbonyl (C=O) groups excluding carboxylic acids is 1. The minimum Gasteiger partial charge on any atom is -0.497 e. The van der Waals surface area contributed by atoms with Gasteiger partial charge in [0, 0.05) is 24.7 Å². The second-order valence-corrected chi connectivity index (χ2v) is 8.80. The Balaban J connectivity index is 1.74. The highest BCUT2D eigenvalue weighted by atomic mass is 35.5. The van der Waals surface area contributed by atoms with Crippen molar-refractivity contribution in [1.82, 2.24) is 18.7 Å². The predicted molar refractivity (Wildman–Crippen MR) is 129 cm³/mol. The molecule has 0 N–H and O–H groups in total. The summed E-state index contributed by atoms with van der Waals surface area (Å²) in [5.41, 5.74) is 1.12. The van der Waals surface area contributed by atoms with Gasteiger partial charge in [-0.2, -0.15) is 0 Å². The van der Waals surface area contributed by atoms with Crippen LogP contribution in [0.15, 0.2) is 63.3 Å². The summed E-state index contributed by atoms with van der Waals surface area (Å²) >= 11 is 7.22. The summed E-state index contributed by atoms with van der Waals surface area (Å²) in [5.74, 6) is 0.695. The van der Waals surface area contributed by atoms with Gasteiger partial charge in [-0.25, -0.2) is 9.78 Å². The van der Waals surface area contributed by atoms with Crippen LogP contribution in [0.4, 0.5) is 0 Å². The number of aromatic nitrogens is 4. The maximum Gasteiger partial charge on any atom is 0.332 e. The Kier molecular flexibility index (Phi) is 6.44. The van der Waals surface area contributed by atoms with E-state index in [2.05, 4.69) is 4.98 Å². The van der Waals surface area contributed by atoms with Gasteiger partial charge in [0.1, 0.15) is 5.75 Å². The van der Waals surface area contributed by atoms with Crippen molar-refractivity contribution in [2.45, 2.75) is 11.7 Å². The van der Waals surface area contributed by atoms with Crippen LogP contribution in [0.5, 0.6) is 5.75 Å². The number of hydrogen-bond donors (Lipinski definition) is 0. The van der Waals surface area contributed by atoms with Crippen molar-refractivity contribution in [2.75, 3.05) is 12.9 Å². The number of aryl methyl sites for hydroxylation is 1. The van der Waals surface area contributed by atoms with E-state index in [0.29, 0.717) is 33.6 Å². The highest BCUT2D eigenvalue weighted by Crippen LogP contribution is 2.25. The number of benzene rings is 2. The van der Waals surface area contributed by atoms with Gasteiger partial charge in [-0.15, -0.1) is 0 Å². The lowest BCUT2D eigenvalue weighted by molar-refractivity contribution is 0.102. The molecule has 4 rings (SSSR count). The van der Waals surface area contributed by atoms with Gasteiger partial charge < -0.3 is 9.30 Å². The van der Waals surface area contributed by atoms with Crippen LogP contribution in [0, 0.1) is 0 Å². The molecule has 0 atom stereocenters. The number of ketones is 1. The molecule has 4 aromatic rings. The van der Waals surface area contributed by atoms with Gasteiger partial charge in [0.2, 0.25) is 0 Å². The lowest BCUT2D eigenvalue weighted by atomic mass is 10.1. The number of fused-ring (bicyclic) bond motifs is 1. The average Bonchev–Trinajstić information content (AvgIpc) is 3.19. The number of Topliss-reactive ketones (excluding diaryl/α,β-unsaturated/α-hetero) is 1. The van der Waals surface area contributed by atoms with Crippen LogP contribution in [0.1, 0.15) is 15.9 Å². The number of halogens is 1. The normalized spacial score (nSPS) is 11.2. The third-order valence-electron chi connectivity index (χ3n) is 5.31. The molecule has 0 aliphatic heterocycles. The molecule has 0 spiro atoms. The smallest absolute Gasteiger partial charge is 0.332 e. The molecular formula is C23H21ClN4O4S. The van der Waals surface area contributed by atoms with Crippen molar-refractivity contribution < 1.29 is 9.53 Å². The first-order valence-corrected chi connectivity index (χ1v) is 11.4. The largest absolute Gasteiger partial charge is 0.497 e. The van der Waals surface area contributed by atoms with Gasteiger partial charge in [-0.05, 0) is 42.0 Å². The van der Waals surface area contributed by atoms with E-state index in [9.17, 15) is 14.4 Å². The average molecular weight is 485 g/mol. The molecule has 10 heteroatoms. The molecule has 0 bridgehead atoms. The molecular weight excluding hydrogens is 464 g/mol. The number of nitrogens with zero attached hydrogens (tertiary/aromatic N) is 4. The van der Waals surface area contributed by atoms with E-state index in [1.54, 1.807) is 55.1 Å². The summed E-state index contributed by atoms with van der Waals surface area (Å²) in [6, 6.07) is 14.1. The molecule has 0 amide bonds. The van der Waals surface area contributed by atoms with Crippen LogP contribution in [0.3, 0.4) is 0 Å². The Labute approximate surface area is 198 Å². The van der Waals surface area contributed by atoms with Gasteiger partial charge in [-0.3, -0.25) is 18.7 Å². The van der Waals surface area contributed by atoms with Gasteiger partial charge in [-0.1, -0.05) is 35.5 Å². The van der Waals surface area contributed by atoms with Gasteiger partial charge in [0.15, 0.2) is 22.1 Å². The summed E-state index contributed by atoms with van der Waals surface area (Å²) in [7, 11) is 4.57. The van der Waals surface area contributed by atoms with E-state index in [-0.39, 0.29) is 17.2 Å². The number of imidazole rings is 1. The third-order valence-corrected chi connectivity index (χ3v) is 6.54. The molecule has 8 nitrogen and oxygen atoms in total. The quantitative estimate of drug-likeness (QED) is 0.296. The zero-order valence-electron chi connectivity index (χ0n) is 18.2. The van der Waals surface area contributed by atoms with Crippen molar-refractivity contribution in [2.24, 2.45) is 14.1 Å². The van der Waals surface area contributed by atoms with E-state index >= 15 is 0 Å². The number of rotatable bonds is 7. The van der Waals surface area contributed by atoms with Crippen molar-refractivity contribution in [3.05, 3.63) is 85.5 Å². The first-order chi connectivity index (χ1) is 15.8.